The third-order valence-electron chi connectivity index (χ3n) is 4.13. The molecular weight excluding hydrogens is 361 g/mol. The zero-order chi connectivity index (χ0) is 19.8. The molecule has 0 saturated carbocycles. The number of hydrogen-bond acceptors (Lipinski definition) is 5. The van der Waals surface area contributed by atoms with Crippen LogP contribution in [-0.2, 0) is 17.6 Å². The summed E-state index contributed by atoms with van der Waals surface area (Å²) >= 11 is 0. The van der Waals surface area contributed by atoms with E-state index in [0.717, 1.165) is 11.3 Å². The normalized spacial score (nSPS) is 10.6. The van der Waals surface area contributed by atoms with E-state index in [9.17, 15) is 9.18 Å². The minimum Gasteiger partial charge on any atom is -0.494 e. The lowest BCUT2D eigenvalue weighted by Crippen LogP contribution is -2.26. The van der Waals surface area contributed by atoms with Gasteiger partial charge in [0.2, 0.25) is 17.6 Å². The Labute approximate surface area is 162 Å². The molecule has 6 nitrogen and oxygen atoms in total. The summed E-state index contributed by atoms with van der Waals surface area (Å²) < 4.78 is 24.2. The minimum absolute atomic E-state index is 0.142. The predicted molar refractivity (Wildman–Crippen MR) is 102 cm³/mol. The highest BCUT2D eigenvalue weighted by Gasteiger charge is 2.11. The lowest BCUT2D eigenvalue weighted by atomic mass is 10.1. The van der Waals surface area contributed by atoms with E-state index in [2.05, 4.69) is 15.5 Å². The number of aromatic nitrogens is 2. The fourth-order valence-electron chi connectivity index (χ4n) is 2.69. The molecule has 146 valence electrons. The summed E-state index contributed by atoms with van der Waals surface area (Å²) in [5, 5.41) is 6.73. The molecule has 1 amide bonds. The van der Waals surface area contributed by atoms with E-state index in [1.54, 1.807) is 18.2 Å². The van der Waals surface area contributed by atoms with Crippen molar-refractivity contribution < 1.29 is 18.4 Å². The third-order valence-corrected chi connectivity index (χ3v) is 4.13. The number of rotatable bonds is 9. The molecule has 3 aromatic rings. The SMILES string of the molecule is CCOc1ccc(-c2noc(CCC(=O)NCCc3ccccc3F)n2)cc1. The van der Waals surface area contributed by atoms with E-state index in [0.29, 0.717) is 43.3 Å². The molecule has 0 saturated heterocycles. The molecule has 28 heavy (non-hydrogen) atoms. The van der Waals surface area contributed by atoms with Crippen molar-refractivity contribution in [2.24, 2.45) is 0 Å². The Kier molecular flexibility index (Phi) is 6.73. The Balaban J connectivity index is 1.44. The molecule has 0 aliphatic carbocycles. The topological polar surface area (TPSA) is 77.2 Å². The highest BCUT2D eigenvalue weighted by molar-refractivity contribution is 5.76. The lowest BCUT2D eigenvalue weighted by Gasteiger charge is -2.05. The molecule has 1 aromatic heterocycles. The molecular formula is C21H22FN3O3. The Hall–Kier alpha value is -3.22. The van der Waals surface area contributed by atoms with Gasteiger partial charge in [0, 0.05) is 24.9 Å². The fraction of sp³-hybridized carbons (Fsp3) is 0.286. The van der Waals surface area contributed by atoms with Crippen molar-refractivity contribution in [3.63, 3.8) is 0 Å². The van der Waals surface area contributed by atoms with Crippen molar-refractivity contribution in [3.05, 3.63) is 65.8 Å². The van der Waals surface area contributed by atoms with E-state index in [1.165, 1.54) is 6.07 Å². The Bertz CT molecular complexity index is 909. The van der Waals surface area contributed by atoms with Gasteiger partial charge in [0.25, 0.3) is 0 Å². The van der Waals surface area contributed by atoms with Crippen molar-refractivity contribution in [3.8, 4) is 17.1 Å². The summed E-state index contributed by atoms with van der Waals surface area (Å²) in [4.78, 5) is 16.3. The Morgan fingerprint density at radius 1 is 1.14 bits per heavy atom. The number of halogens is 1. The molecule has 1 heterocycles. The number of aryl methyl sites for hydroxylation is 1. The van der Waals surface area contributed by atoms with Crippen molar-refractivity contribution in [2.75, 3.05) is 13.2 Å². The van der Waals surface area contributed by atoms with E-state index in [-0.39, 0.29) is 18.1 Å². The van der Waals surface area contributed by atoms with Crippen molar-refractivity contribution in [1.29, 1.82) is 0 Å². The zero-order valence-electron chi connectivity index (χ0n) is 15.7. The van der Waals surface area contributed by atoms with E-state index in [4.69, 9.17) is 9.26 Å². The average Bonchev–Trinajstić information content (AvgIpc) is 3.18. The molecule has 0 aliphatic heterocycles. The van der Waals surface area contributed by atoms with E-state index in [1.807, 2.05) is 31.2 Å². The molecule has 0 unspecified atom stereocenters. The fourth-order valence-corrected chi connectivity index (χ4v) is 2.69. The molecule has 0 radical (unpaired) electrons. The molecule has 2 aromatic carbocycles. The molecule has 0 atom stereocenters. The first-order chi connectivity index (χ1) is 13.7. The predicted octanol–water partition coefficient (Wildman–Crippen LogP) is 3.57. The van der Waals surface area contributed by atoms with Crippen LogP contribution in [0.4, 0.5) is 4.39 Å². The van der Waals surface area contributed by atoms with Crippen LogP contribution in [0.2, 0.25) is 0 Å². The van der Waals surface area contributed by atoms with Gasteiger partial charge in [-0.05, 0) is 49.2 Å². The Morgan fingerprint density at radius 2 is 1.93 bits per heavy atom. The largest absolute Gasteiger partial charge is 0.494 e. The molecule has 0 fully saturated rings. The number of benzene rings is 2. The van der Waals surface area contributed by atoms with Gasteiger partial charge in [-0.3, -0.25) is 4.79 Å². The van der Waals surface area contributed by atoms with Gasteiger partial charge >= 0.3 is 0 Å². The second kappa shape index (κ2) is 9.64. The molecule has 7 heteroatoms. The number of ether oxygens (including phenoxy) is 1. The standard InChI is InChI=1S/C21H22FN3O3/c1-2-27-17-9-7-16(8-10-17)21-24-20(28-25-21)12-11-19(26)23-14-13-15-5-3-4-6-18(15)22/h3-10H,2,11-14H2,1H3,(H,23,26). The van der Waals surface area contributed by atoms with Crippen LogP contribution in [0.3, 0.4) is 0 Å². The van der Waals surface area contributed by atoms with Gasteiger partial charge in [-0.1, -0.05) is 23.4 Å². The molecule has 0 spiro atoms. The van der Waals surface area contributed by atoms with Crippen molar-refractivity contribution in [1.82, 2.24) is 15.5 Å². The summed E-state index contributed by atoms with van der Waals surface area (Å²) in [6, 6.07) is 13.9. The second-order valence-electron chi connectivity index (χ2n) is 6.16. The lowest BCUT2D eigenvalue weighted by molar-refractivity contribution is -0.121. The maximum Gasteiger partial charge on any atom is 0.227 e. The number of carbonyl (C=O) groups is 1. The number of nitrogens with one attached hydrogen (secondary N) is 1. The number of nitrogens with zero attached hydrogens (tertiary/aromatic N) is 2. The first-order valence-corrected chi connectivity index (χ1v) is 9.21. The molecule has 1 N–H and O–H groups in total. The van der Waals surface area contributed by atoms with E-state index >= 15 is 0 Å². The van der Waals surface area contributed by atoms with Crippen LogP contribution < -0.4 is 10.1 Å². The van der Waals surface area contributed by atoms with Crippen LogP contribution >= 0.6 is 0 Å². The van der Waals surface area contributed by atoms with Gasteiger partial charge in [0.05, 0.1) is 6.61 Å². The number of carbonyl (C=O) groups excluding carboxylic acids is 1. The zero-order valence-corrected chi connectivity index (χ0v) is 15.7. The maximum atomic E-state index is 13.5. The van der Waals surface area contributed by atoms with Crippen molar-refractivity contribution in [2.45, 2.75) is 26.2 Å². The van der Waals surface area contributed by atoms with Crippen LogP contribution in [0.5, 0.6) is 5.75 Å². The molecule has 0 bridgehead atoms. The molecule has 3 rings (SSSR count). The third kappa shape index (κ3) is 5.39. The highest BCUT2D eigenvalue weighted by Crippen LogP contribution is 2.20. The van der Waals surface area contributed by atoms with Gasteiger partial charge in [-0.15, -0.1) is 0 Å². The van der Waals surface area contributed by atoms with E-state index < -0.39 is 0 Å². The quantitative estimate of drug-likeness (QED) is 0.611. The first kappa shape index (κ1) is 19.5. The summed E-state index contributed by atoms with van der Waals surface area (Å²) in [6.07, 6.45) is 1.01. The second-order valence-corrected chi connectivity index (χ2v) is 6.16. The molecule has 0 aliphatic rings. The van der Waals surface area contributed by atoms with Gasteiger partial charge in [0.1, 0.15) is 11.6 Å². The Morgan fingerprint density at radius 3 is 2.68 bits per heavy atom. The number of amides is 1. The summed E-state index contributed by atoms with van der Waals surface area (Å²) in [5.74, 6) is 1.25. The van der Waals surface area contributed by atoms with Crippen LogP contribution in [0.25, 0.3) is 11.4 Å². The average molecular weight is 383 g/mol. The summed E-state index contributed by atoms with van der Waals surface area (Å²) in [6.45, 7) is 2.91. The monoisotopic (exact) mass is 383 g/mol. The van der Waals surface area contributed by atoms with Crippen LogP contribution in [-0.4, -0.2) is 29.2 Å². The van der Waals surface area contributed by atoms with Crippen LogP contribution in [0.15, 0.2) is 53.1 Å². The highest BCUT2D eigenvalue weighted by atomic mass is 19.1. The summed E-state index contributed by atoms with van der Waals surface area (Å²) in [5.41, 5.74) is 1.40. The van der Waals surface area contributed by atoms with Crippen LogP contribution in [0.1, 0.15) is 24.8 Å². The van der Waals surface area contributed by atoms with Gasteiger partial charge in [0.15, 0.2) is 0 Å². The van der Waals surface area contributed by atoms with Crippen molar-refractivity contribution >= 4 is 5.91 Å². The van der Waals surface area contributed by atoms with Gasteiger partial charge < -0.3 is 14.6 Å². The smallest absolute Gasteiger partial charge is 0.227 e. The first-order valence-electron chi connectivity index (χ1n) is 9.21. The minimum atomic E-state index is -0.260. The number of hydrogen-bond donors (Lipinski definition) is 1. The summed E-state index contributed by atoms with van der Waals surface area (Å²) in [7, 11) is 0. The maximum absolute atomic E-state index is 13.5. The van der Waals surface area contributed by atoms with Gasteiger partial charge in [-0.2, -0.15) is 4.98 Å². The van der Waals surface area contributed by atoms with Crippen LogP contribution in [0, 0.1) is 5.82 Å². The van der Waals surface area contributed by atoms with Gasteiger partial charge in [-0.25, -0.2) is 4.39 Å².